The molecule has 9 heteroatoms. The first kappa shape index (κ1) is 15.2. The van der Waals surface area contributed by atoms with E-state index in [1.54, 1.807) is 0 Å². The Morgan fingerprint density at radius 1 is 0.900 bits per heavy atom. The first-order valence-electron chi connectivity index (χ1n) is 5.00. The summed E-state index contributed by atoms with van der Waals surface area (Å²) < 4.78 is 42.9. The summed E-state index contributed by atoms with van der Waals surface area (Å²) in [5.74, 6) is -0.235. The highest BCUT2D eigenvalue weighted by Gasteiger charge is 2.34. The molecule has 0 N–H and O–H groups in total. The Balaban J connectivity index is 2.36. The zero-order valence-corrected chi connectivity index (χ0v) is 11.6. The van der Waals surface area contributed by atoms with Gasteiger partial charge >= 0.3 is 6.18 Å². The van der Waals surface area contributed by atoms with Crippen molar-refractivity contribution < 1.29 is 17.9 Å². The minimum absolute atomic E-state index is 0.130. The predicted molar refractivity (Wildman–Crippen MR) is 68.6 cm³/mol. The number of rotatable bonds is 2. The van der Waals surface area contributed by atoms with Crippen LogP contribution in [0.3, 0.4) is 0 Å². The Labute approximate surface area is 126 Å². The van der Waals surface area contributed by atoms with Gasteiger partial charge in [0, 0.05) is 16.1 Å². The number of ether oxygens (including phenoxy) is 1. The summed E-state index contributed by atoms with van der Waals surface area (Å²) in [6, 6.07) is 4.82. The fourth-order valence-electron chi connectivity index (χ4n) is 1.30. The smallest absolute Gasteiger partial charge is 0.433 e. The molecule has 0 amide bonds. The lowest BCUT2D eigenvalue weighted by Crippen LogP contribution is -2.09. The molecule has 106 valence electrons. The van der Waals surface area contributed by atoms with Crippen molar-refractivity contribution in [2.45, 2.75) is 6.18 Å². The maximum atomic E-state index is 12.6. The molecule has 0 spiro atoms. The highest BCUT2D eigenvalue weighted by molar-refractivity contribution is 6.34. The molecule has 0 fully saturated rings. The second-order valence-corrected chi connectivity index (χ2v) is 4.78. The third-order valence-corrected chi connectivity index (χ3v) is 2.63. The third kappa shape index (κ3) is 3.88. The normalized spacial score (nSPS) is 11.5. The van der Waals surface area contributed by atoms with E-state index in [0.717, 1.165) is 0 Å². The van der Waals surface area contributed by atoms with Gasteiger partial charge in [-0.3, -0.25) is 0 Å². The number of alkyl halides is 3. The molecule has 0 aliphatic rings. The van der Waals surface area contributed by atoms with Gasteiger partial charge in [0.15, 0.2) is 5.69 Å². The standard InChI is InChI=1S/C11H4Cl3F3N2O/c12-5-1-6(13)3-7(2-5)20-9-4-8(11(15,16)17)18-10(14)19-9/h1-4H. The van der Waals surface area contributed by atoms with Crippen molar-refractivity contribution in [2.24, 2.45) is 0 Å². The molecule has 2 rings (SSSR count). The Bertz CT molecular complexity index is 629. The van der Waals surface area contributed by atoms with Gasteiger partial charge in [0.25, 0.3) is 0 Å². The van der Waals surface area contributed by atoms with E-state index in [9.17, 15) is 13.2 Å². The van der Waals surface area contributed by atoms with Gasteiger partial charge < -0.3 is 4.74 Å². The van der Waals surface area contributed by atoms with Crippen LogP contribution in [0, 0.1) is 0 Å². The molecule has 20 heavy (non-hydrogen) atoms. The average molecular weight is 344 g/mol. The van der Waals surface area contributed by atoms with E-state index in [2.05, 4.69) is 9.97 Å². The number of halogens is 6. The Hall–Kier alpha value is -1.24. The van der Waals surface area contributed by atoms with E-state index >= 15 is 0 Å². The van der Waals surface area contributed by atoms with Crippen LogP contribution in [0.2, 0.25) is 15.3 Å². The van der Waals surface area contributed by atoms with Gasteiger partial charge in [-0.1, -0.05) is 23.2 Å². The third-order valence-electron chi connectivity index (χ3n) is 2.02. The zero-order chi connectivity index (χ0) is 14.9. The van der Waals surface area contributed by atoms with Crippen LogP contribution in [0.25, 0.3) is 0 Å². The van der Waals surface area contributed by atoms with Crippen LogP contribution < -0.4 is 4.74 Å². The number of benzene rings is 1. The fraction of sp³-hybridized carbons (Fsp3) is 0.0909. The lowest BCUT2D eigenvalue weighted by atomic mass is 10.3. The van der Waals surface area contributed by atoms with Crippen molar-refractivity contribution in [2.75, 3.05) is 0 Å². The second kappa shape index (κ2) is 5.63. The quantitative estimate of drug-likeness (QED) is 0.699. The van der Waals surface area contributed by atoms with Crippen LogP contribution in [0.4, 0.5) is 13.2 Å². The minimum Gasteiger partial charge on any atom is -0.439 e. The minimum atomic E-state index is -4.66. The topological polar surface area (TPSA) is 35.0 Å². The van der Waals surface area contributed by atoms with E-state index in [1.807, 2.05) is 0 Å². The lowest BCUT2D eigenvalue weighted by Gasteiger charge is -2.09. The zero-order valence-electron chi connectivity index (χ0n) is 9.38. The molecule has 1 heterocycles. The highest BCUT2D eigenvalue weighted by Crippen LogP contribution is 2.32. The Morgan fingerprint density at radius 2 is 1.50 bits per heavy atom. The molecule has 0 bridgehead atoms. The van der Waals surface area contributed by atoms with Crippen LogP contribution in [-0.4, -0.2) is 9.97 Å². The number of hydrogen-bond acceptors (Lipinski definition) is 3. The molecule has 0 aliphatic carbocycles. The molecule has 3 nitrogen and oxygen atoms in total. The molecule has 0 radical (unpaired) electrons. The summed E-state index contributed by atoms with van der Waals surface area (Å²) >= 11 is 16.9. The van der Waals surface area contributed by atoms with Crippen LogP contribution in [0.1, 0.15) is 5.69 Å². The summed E-state index contributed by atoms with van der Waals surface area (Å²) in [4.78, 5) is 6.63. The monoisotopic (exact) mass is 342 g/mol. The summed E-state index contributed by atoms with van der Waals surface area (Å²) in [5, 5.41) is -0.0460. The molecule has 0 atom stereocenters. The molecule has 0 unspecified atom stereocenters. The maximum absolute atomic E-state index is 12.6. The molecule has 2 aromatic rings. The number of nitrogens with zero attached hydrogens (tertiary/aromatic N) is 2. The van der Waals surface area contributed by atoms with Crippen molar-refractivity contribution in [3.8, 4) is 11.6 Å². The number of aromatic nitrogens is 2. The fourth-order valence-corrected chi connectivity index (χ4v) is 1.98. The van der Waals surface area contributed by atoms with Gasteiger partial charge in [-0.15, -0.1) is 0 Å². The van der Waals surface area contributed by atoms with Crippen LogP contribution in [0.15, 0.2) is 24.3 Å². The largest absolute Gasteiger partial charge is 0.439 e. The van der Waals surface area contributed by atoms with Gasteiger partial charge in [-0.25, -0.2) is 4.98 Å². The van der Waals surface area contributed by atoms with Crippen molar-refractivity contribution in [3.05, 3.63) is 45.3 Å². The van der Waals surface area contributed by atoms with Gasteiger partial charge in [0.2, 0.25) is 11.2 Å². The first-order chi connectivity index (χ1) is 9.24. The lowest BCUT2D eigenvalue weighted by molar-refractivity contribution is -0.141. The van der Waals surface area contributed by atoms with E-state index in [4.69, 9.17) is 39.5 Å². The van der Waals surface area contributed by atoms with Gasteiger partial charge in [-0.2, -0.15) is 18.2 Å². The van der Waals surface area contributed by atoms with E-state index in [1.165, 1.54) is 18.2 Å². The predicted octanol–water partition coefficient (Wildman–Crippen LogP) is 5.25. The Kier molecular flexibility index (Phi) is 4.27. The van der Waals surface area contributed by atoms with Crippen LogP contribution in [-0.2, 0) is 6.18 Å². The second-order valence-electron chi connectivity index (χ2n) is 3.57. The van der Waals surface area contributed by atoms with E-state index in [0.29, 0.717) is 6.07 Å². The molecule has 1 aromatic carbocycles. The van der Waals surface area contributed by atoms with Crippen LogP contribution in [0.5, 0.6) is 11.6 Å². The van der Waals surface area contributed by atoms with Crippen molar-refractivity contribution in [1.29, 1.82) is 0 Å². The summed E-state index contributed by atoms with van der Waals surface area (Å²) in [6.07, 6.45) is -4.66. The van der Waals surface area contributed by atoms with Gasteiger partial charge in [0.1, 0.15) is 5.75 Å². The molecule has 0 saturated carbocycles. The molecule has 1 aromatic heterocycles. The molecule has 0 aliphatic heterocycles. The Morgan fingerprint density at radius 3 is 2.05 bits per heavy atom. The van der Waals surface area contributed by atoms with Crippen molar-refractivity contribution >= 4 is 34.8 Å². The molecular weight excluding hydrogens is 339 g/mol. The van der Waals surface area contributed by atoms with Crippen LogP contribution >= 0.6 is 34.8 Å². The van der Waals surface area contributed by atoms with E-state index in [-0.39, 0.29) is 21.7 Å². The summed E-state index contributed by atoms with van der Waals surface area (Å²) in [5.41, 5.74) is -1.21. The van der Waals surface area contributed by atoms with Gasteiger partial charge in [0.05, 0.1) is 0 Å². The molecular formula is C11H4Cl3F3N2O. The SMILES string of the molecule is FC(F)(F)c1cc(Oc2cc(Cl)cc(Cl)c2)nc(Cl)n1. The first-order valence-corrected chi connectivity index (χ1v) is 6.13. The van der Waals surface area contributed by atoms with Crippen molar-refractivity contribution in [1.82, 2.24) is 9.97 Å². The maximum Gasteiger partial charge on any atom is 0.433 e. The molecule has 0 saturated heterocycles. The average Bonchev–Trinajstić information content (AvgIpc) is 2.25. The van der Waals surface area contributed by atoms with E-state index < -0.39 is 17.2 Å². The summed E-state index contributed by atoms with van der Waals surface area (Å²) in [7, 11) is 0. The van der Waals surface area contributed by atoms with Gasteiger partial charge in [-0.05, 0) is 29.8 Å². The number of hydrogen-bond donors (Lipinski definition) is 0. The summed E-state index contributed by atoms with van der Waals surface area (Å²) in [6.45, 7) is 0. The highest BCUT2D eigenvalue weighted by atomic mass is 35.5. The van der Waals surface area contributed by atoms with Crippen molar-refractivity contribution in [3.63, 3.8) is 0 Å².